The summed E-state index contributed by atoms with van der Waals surface area (Å²) in [5.74, 6) is 2.17. The molecule has 3 aliphatic rings. The van der Waals surface area contributed by atoms with E-state index in [1.54, 1.807) is 0 Å². The number of hydrogen-bond donors (Lipinski definition) is 0. The van der Waals surface area contributed by atoms with Crippen molar-refractivity contribution in [2.75, 3.05) is 0 Å². The Bertz CT molecular complexity index is 754. The van der Waals surface area contributed by atoms with Gasteiger partial charge in [-0.2, -0.15) is 0 Å². The van der Waals surface area contributed by atoms with Gasteiger partial charge in [-0.05, 0) is 129 Å². The van der Waals surface area contributed by atoms with Crippen LogP contribution in [0.25, 0.3) is 0 Å². The Morgan fingerprint density at radius 1 is 0.703 bits per heavy atom. The van der Waals surface area contributed by atoms with Gasteiger partial charge in [-0.15, -0.1) is 0 Å². The minimum Gasteiger partial charge on any atom is -0.369 e. The number of rotatable bonds is 10. The van der Waals surface area contributed by atoms with E-state index in [0.717, 1.165) is 51.4 Å². The van der Waals surface area contributed by atoms with E-state index >= 15 is 0 Å². The summed E-state index contributed by atoms with van der Waals surface area (Å²) in [6.45, 7) is 31.3. The lowest BCUT2D eigenvalue weighted by molar-refractivity contribution is -0.271. The van der Waals surface area contributed by atoms with E-state index < -0.39 is 0 Å². The van der Waals surface area contributed by atoms with Crippen LogP contribution in [0.1, 0.15) is 133 Å². The zero-order valence-corrected chi connectivity index (χ0v) is 26.2. The van der Waals surface area contributed by atoms with Crippen LogP contribution in [0.3, 0.4) is 0 Å². The van der Waals surface area contributed by atoms with Crippen LogP contribution >= 0.6 is 0 Å². The molecular weight excluding hydrogens is 456 g/mol. The van der Waals surface area contributed by atoms with Gasteiger partial charge in [0.1, 0.15) is 0 Å². The van der Waals surface area contributed by atoms with Crippen molar-refractivity contribution < 1.29 is 14.2 Å². The maximum atomic E-state index is 7.10. The van der Waals surface area contributed by atoms with Gasteiger partial charge in [0.2, 0.25) is 0 Å². The molecule has 0 bridgehead atoms. The van der Waals surface area contributed by atoms with E-state index in [0.29, 0.717) is 23.7 Å². The molecule has 0 amide bonds. The molecule has 0 aliphatic carbocycles. The SMILES string of the molecule is C=C(C)C(C)CCC1(C)O[C@@](C)(C2CCC([C@]3(C)CC[C@@H](C)[C@](C)(CCC(C)C(=C)C)O3)O2)CCC1C. The van der Waals surface area contributed by atoms with Crippen LogP contribution in [-0.4, -0.2) is 34.6 Å². The predicted octanol–water partition coefficient (Wildman–Crippen LogP) is 9.45. The molecule has 37 heavy (non-hydrogen) atoms. The lowest BCUT2D eigenvalue weighted by Gasteiger charge is -2.53. The summed E-state index contributed by atoms with van der Waals surface area (Å²) in [6.07, 6.45) is 11.4. The van der Waals surface area contributed by atoms with E-state index in [2.05, 4.69) is 82.4 Å². The molecule has 0 spiro atoms. The second-order valence-corrected chi connectivity index (χ2v) is 14.6. The maximum Gasteiger partial charge on any atom is 0.0922 e. The van der Waals surface area contributed by atoms with Gasteiger partial charge in [-0.25, -0.2) is 0 Å². The first-order valence-corrected chi connectivity index (χ1v) is 15.4. The predicted molar refractivity (Wildman–Crippen MR) is 157 cm³/mol. The fourth-order valence-electron chi connectivity index (χ4n) is 7.07. The molecule has 3 saturated heterocycles. The fraction of sp³-hybridized carbons (Fsp3) is 0.882. The highest BCUT2D eigenvalue weighted by Gasteiger charge is 2.55. The van der Waals surface area contributed by atoms with Gasteiger partial charge < -0.3 is 14.2 Å². The summed E-state index contributed by atoms with van der Waals surface area (Å²) in [5.41, 5.74) is 1.84. The third kappa shape index (κ3) is 6.75. The molecule has 3 rings (SSSR count). The topological polar surface area (TPSA) is 27.7 Å². The first-order chi connectivity index (χ1) is 17.0. The molecule has 0 aromatic rings. The number of ether oxygens (including phenoxy) is 3. The Hall–Kier alpha value is -0.640. The molecular formula is C34H60O3. The van der Waals surface area contributed by atoms with Crippen LogP contribution in [-0.2, 0) is 14.2 Å². The molecule has 0 saturated carbocycles. The Morgan fingerprint density at radius 3 is 1.38 bits per heavy atom. The van der Waals surface area contributed by atoms with Crippen molar-refractivity contribution >= 4 is 0 Å². The van der Waals surface area contributed by atoms with Crippen molar-refractivity contribution in [3.63, 3.8) is 0 Å². The van der Waals surface area contributed by atoms with Crippen molar-refractivity contribution in [1.82, 2.24) is 0 Å². The molecule has 3 fully saturated rings. The molecule has 3 heterocycles. The second-order valence-electron chi connectivity index (χ2n) is 14.6. The standard InChI is InChI=1S/C34H60O3/c1-23(2)25(5)15-19-31(9)27(7)17-21-33(11,36-31)29-13-14-30(35-29)34(12)22-18-28(8)32(10,37-34)20-16-26(6)24(3)4/h25-30H,1,3,13-22H2,2,4-12H3/t25?,26?,27-,28?,29?,30?,31+,32?,33+,34-/m1/s1. The zero-order chi connectivity index (χ0) is 27.8. The first kappa shape index (κ1) is 30.9. The zero-order valence-electron chi connectivity index (χ0n) is 26.2. The van der Waals surface area contributed by atoms with Crippen molar-refractivity contribution in [2.45, 2.75) is 168 Å². The van der Waals surface area contributed by atoms with Crippen LogP contribution in [0.4, 0.5) is 0 Å². The molecule has 0 aromatic carbocycles. The summed E-state index contributed by atoms with van der Waals surface area (Å²) < 4.78 is 21.1. The van der Waals surface area contributed by atoms with Crippen LogP contribution in [0.15, 0.2) is 24.3 Å². The van der Waals surface area contributed by atoms with Crippen molar-refractivity contribution in [2.24, 2.45) is 23.7 Å². The van der Waals surface area contributed by atoms with Crippen molar-refractivity contribution in [1.29, 1.82) is 0 Å². The average molecular weight is 517 g/mol. The Labute approximate surface area is 230 Å². The van der Waals surface area contributed by atoms with E-state index in [9.17, 15) is 0 Å². The summed E-state index contributed by atoms with van der Waals surface area (Å²) in [7, 11) is 0. The van der Waals surface area contributed by atoms with Crippen LogP contribution in [0, 0.1) is 23.7 Å². The molecule has 6 unspecified atom stereocenters. The van der Waals surface area contributed by atoms with Crippen LogP contribution < -0.4 is 0 Å². The van der Waals surface area contributed by atoms with E-state index in [1.165, 1.54) is 24.0 Å². The van der Waals surface area contributed by atoms with Crippen LogP contribution in [0.2, 0.25) is 0 Å². The summed E-state index contributed by atoms with van der Waals surface area (Å²) >= 11 is 0. The molecule has 10 atom stereocenters. The van der Waals surface area contributed by atoms with Gasteiger partial charge in [0, 0.05) is 0 Å². The highest BCUT2D eigenvalue weighted by Crippen LogP contribution is 2.51. The van der Waals surface area contributed by atoms with Crippen molar-refractivity contribution in [3.05, 3.63) is 24.3 Å². The monoisotopic (exact) mass is 516 g/mol. The lowest BCUT2D eigenvalue weighted by atomic mass is 9.73. The van der Waals surface area contributed by atoms with Gasteiger partial charge in [0.15, 0.2) is 0 Å². The van der Waals surface area contributed by atoms with E-state index in [4.69, 9.17) is 14.2 Å². The molecule has 0 aromatic heterocycles. The minimum atomic E-state index is -0.235. The molecule has 3 heteroatoms. The maximum absolute atomic E-state index is 7.10. The molecule has 0 radical (unpaired) electrons. The van der Waals surface area contributed by atoms with E-state index in [-0.39, 0.29) is 34.6 Å². The highest BCUT2D eigenvalue weighted by molar-refractivity contribution is 5.05. The molecule has 0 N–H and O–H groups in total. The average Bonchev–Trinajstić information content (AvgIpc) is 3.34. The fourth-order valence-corrected chi connectivity index (χ4v) is 7.07. The second kappa shape index (κ2) is 11.5. The third-order valence-electron chi connectivity index (χ3n) is 11.4. The quantitative estimate of drug-likeness (QED) is 0.271. The largest absolute Gasteiger partial charge is 0.369 e. The Morgan fingerprint density at radius 2 is 1.05 bits per heavy atom. The molecule has 3 nitrogen and oxygen atoms in total. The normalized spacial score (nSPS) is 44.4. The Kier molecular flexibility index (Phi) is 9.57. The lowest BCUT2D eigenvalue weighted by Crippen LogP contribution is -2.57. The summed E-state index contributed by atoms with van der Waals surface area (Å²) in [6, 6.07) is 0. The van der Waals surface area contributed by atoms with Gasteiger partial charge >= 0.3 is 0 Å². The molecule has 3 aliphatic heterocycles. The van der Waals surface area contributed by atoms with Gasteiger partial charge in [0.25, 0.3) is 0 Å². The number of allylic oxidation sites excluding steroid dienone is 2. The van der Waals surface area contributed by atoms with Gasteiger partial charge in [-0.1, -0.05) is 52.0 Å². The van der Waals surface area contributed by atoms with Gasteiger partial charge in [0.05, 0.1) is 34.6 Å². The summed E-state index contributed by atoms with van der Waals surface area (Å²) in [4.78, 5) is 0. The Balaban J connectivity index is 1.67. The van der Waals surface area contributed by atoms with Gasteiger partial charge in [-0.3, -0.25) is 0 Å². The smallest absolute Gasteiger partial charge is 0.0922 e. The number of hydrogen-bond acceptors (Lipinski definition) is 3. The minimum absolute atomic E-state index is 0.114. The van der Waals surface area contributed by atoms with E-state index in [1.807, 2.05) is 0 Å². The third-order valence-corrected chi connectivity index (χ3v) is 11.4. The first-order valence-electron chi connectivity index (χ1n) is 15.4. The molecule has 214 valence electrons. The summed E-state index contributed by atoms with van der Waals surface area (Å²) in [5, 5.41) is 0. The van der Waals surface area contributed by atoms with Crippen LogP contribution in [0.5, 0.6) is 0 Å². The highest BCUT2D eigenvalue weighted by atomic mass is 16.6. The van der Waals surface area contributed by atoms with Crippen molar-refractivity contribution in [3.8, 4) is 0 Å².